The Morgan fingerprint density at radius 3 is 1.04 bits per heavy atom. The van der Waals surface area contributed by atoms with Gasteiger partial charge < -0.3 is 9.13 Å². The minimum atomic E-state index is -0.154. The van der Waals surface area contributed by atoms with E-state index in [0.717, 1.165) is 0 Å². The summed E-state index contributed by atoms with van der Waals surface area (Å²) in [7, 11) is 0. The molecule has 4 aromatic heterocycles. The summed E-state index contributed by atoms with van der Waals surface area (Å²) in [5, 5.41) is 5.16. The second-order valence-corrected chi connectivity index (χ2v) is 24.3. The second kappa shape index (κ2) is 16.0. The molecule has 0 atom stereocenters. The lowest BCUT2D eigenvalue weighted by molar-refractivity contribution is 0.661. The molecule has 14 aromatic rings. The van der Waals surface area contributed by atoms with E-state index in [-0.39, 0.29) is 10.8 Å². The third-order valence-electron chi connectivity index (χ3n) is 17.1. The van der Waals surface area contributed by atoms with Gasteiger partial charge in [0.05, 0.1) is 22.1 Å². The van der Waals surface area contributed by atoms with Crippen molar-refractivity contribution in [2.75, 3.05) is 0 Å². The van der Waals surface area contributed by atoms with E-state index in [2.05, 4.69) is 267 Å². The molecular weight excluding hydrogens is 957 g/mol. The largest absolute Gasteiger partial charge is 0.309 e. The summed E-state index contributed by atoms with van der Waals surface area (Å²) < 4.78 is 7.60. The van der Waals surface area contributed by atoms with Crippen LogP contribution in [0.1, 0.15) is 49.9 Å². The molecule has 16 rings (SSSR count). The van der Waals surface area contributed by atoms with Crippen molar-refractivity contribution >= 4 is 75.7 Å². The number of fused-ring (bicyclic) bond motifs is 13. The van der Waals surface area contributed by atoms with Gasteiger partial charge in [-0.1, -0.05) is 161 Å². The number of benzene rings is 10. The molecule has 0 N–H and O–H groups in total. The van der Waals surface area contributed by atoms with Crippen LogP contribution in [0.3, 0.4) is 0 Å². The van der Waals surface area contributed by atoms with Crippen molar-refractivity contribution in [3.63, 3.8) is 0 Å². The number of para-hydroxylation sites is 2. The molecule has 0 radical (unpaired) electrons. The van der Waals surface area contributed by atoms with Crippen LogP contribution in [0.15, 0.2) is 231 Å². The maximum atomic E-state index is 2.51. The van der Waals surface area contributed by atoms with Crippen LogP contribution in [-0.2, 0) is 10.8 Å². The van der Waals surface area contributed by atoms with E-state index in [9.17, 15) is 0 Å². The van der Waals surface area contributed by atoms with Gasteiger partial charge in [0.1, 0.15) is 0 Å². The average molecular weight is 1010 g/mol. The molecule has 2 aliphatic carbocycles. The van der Waals surface area contributed by atoms with E-state index in [1.807, 2.05) is 22.7 Å². The Morgan fingerprint density at radius 1 is 0.276 bits per heavy atom. The lowest BCUT2D eigenvalue weighted by atomic mass is 9.81. The zero-order valence-corrected chi connectivity index (χ0v) is 44.3. The molecule has 0 amide bonds. The Bertz CT molecular complexity index is 4390. The van der Waals surface area contributed by atoms with E-state index in [1.54, 1.807) is 0 Å². The highest BCUT2D eigenvalue weighted by atomic mass is 32.1. The second-order valence-electron chi connectivity index (χ2n) is 22.1. The van der Waals surface area contributed by atoms with Gasteiger partial charge in [0.25, 0.3) is 0 Å². The van der Waals surface area contributed by atoms with E-state index in [1.165, 1.54) is 152 Å². The van der Waals surface area contributed by atoms with Crippen molar-refractivity contribution in [2.24, 2.45) is 0 Å². The molecule has 10 aromatic carbocycles. The van der Waals surface area contributed by atoms with Crippen molar-refractivity contribution in [2.45, 2.75) is 38.5 Å². The first-order chi connectivity index (χ1) is 37.2. The van der Waals surface area contributed by atoms with E-state index in [4.69, 9.17) is 0 Å². The quantitative estimate of drug-likeness (QED) is 0.157. The lowest BCUT2D eigenvalue weighted by Gasteiger charge is -2.22. The summed E-state index contributed by atoms with van der Waals surface area (Å²) in [5.74, 6) is 0. The third-order valence-corrected chi connectivity index (χ3v) is 19.5. The number of hydrogen-bond acceptors (Lipinski definition) is 2. The molecule has 0 saturated carbocycles. The number of nitrogens with zero attached hydrogens (tertiary/aromatic N) is 2. The van der Waals surface area contributed by atoms with E-state index < -0.39 is 0 Å². The van der Waals surface area contributed by atoms with Crippen molar-refractivity contribution in [1.82, 2.24) is 9.13 Å². The monoisotopic (exact) mass is 1010 g/mol. The molecule has 2 aliphatic rings. The Kier molecular flexibility index (Phi) is 9.22. The zero-order chi connectivity index (χ0) is 50.6. The number of hydrogen-bond donors (Lipinski definition) is 0. The first-order valence-electron chi connectivity index (χ1n) is 26.5. The van der Waals surface area contributed by atoms with Crippen molar-refractivity contribution in [1.29, 1.82) is 0 Å². The fourth-order valence-corrected chi connectivity index (χ4v) is 15.6. The Labute approximate surface area is 450 Å². The minimum absolute atomic E-state index is 0.154. The highest BCUT2D eigenvalue weighted by Gasteiger charge is 2.38. The summed E-state index contributed by atoms with van der Waals surface area (Å²) in [5.41, 5.74) is 25.4. The number of aromatic nitrogens is 2. The van der Waals surface area contributed by atoms with Crippen LogP contribution in [0.5, 0.6) is 0 Å². The molecule has 2 nitrogen and oxygen atoms in total. The predicted molar refractivity (Wildman–Crippen MR) is 325 cm³/mol. The van der Waals surface area contributed by atoms with E-state index >= 15 is 0 Å². The maximum Gasteiger partial charge on any atom is 0.0547 e. The van der Waals surface area contributed by atoms with Crippen LogP contribution in [0.25, 0.3) is 130 Å². The van der Waals surface area contributed by atoms with Crippen LogP contribution in [-0.4, -0.2) is 9.13 Å². The third kappa shape index (κ3) is 6.32. The van der Waals surface area contributed by atoms with Gasteiger partial charge in [-0.3, -0.25) is 0 Å². The minimum Gasteiger partial charge on any atom is -0.309 e. The number of rotatable bonds is 6. The smallest absolute Gasteiger partial charge is 0.0547 e. The van der Waals surface area contributed by atoms with Crippen LogP contribution in [0, 0.1) is 0 Å². The van der Waals surface area contributed by atoms with Gasteiger partial charge in [-0.15, -0.1) is 22.7 Å². The topological polar surface area (TPSA) is 9.86 Å². The molecule has 4 heteroatoms. The Hall–Kier alpha value is -8.54. The molecule has 360 valence electrons. The van der Waals surface area contributed by atoms with Crippen molar-refractivity contribution in [3.05, 3.63) is 253 Å². The van der Waals surface area contributed by atoms with E-state index in [0.29, 0.717) is 0 Å². The standard InChI is InChI=1S/C72H50N2S2/c1-71(2)59-35-45(43-17-9-5-10-18-43)25-29-51(59)53-39-65-57(37-61(53)71)55-33-47(27-31-63(55)73(65)49-21-13-7-14-22-49)67-41-69-70(75-67)42-68(76-69)48-28-32-64-56(34-48)58-38-62-54(40-66(58)74(64)50-23-15-8-16-24-50)52-30-26-46(36-60(52)72(62,3)4)44-19-11-6-12-20-44/h5-42H,1-4H3. The number of thiophene rings is 2. The fraction of sp³-hybridized carbons (Fsp3) is 0.0833. The van der Waals surface area contributed by atoms with Gasteiger partial charge in [-0.25, -0.2) is 0 Å². The molecular formula is C72H50N2S2. The van der Waals surface area contributed by atoms with Gasteiger partial charge in [-0.2, -0.15) is 0 Å². The van der Waals surface area contributed by atoms with Crippen molar-refractivity contribution in [3.8, 4) is 76.8 Å². The first kappa shape index (κ1) is 43.8. The molecule has 76 heavy (non-hydrogen) atoms. The molecule has 0 spiro atoms. The molecule has 0 aliphatic heterocycles. The molecule has 0 fully saturated rings. The first-order valence-corrected chi connectivity index (χ1v) is 28.1. The zero-order valence-electron chi connectivity index (χ0n) is 42.7. The van der Waals surface area contributed by atoms with Crippen LogP contribution >= 0.6 is 22.7 Å². The van der Waals surface area contributed by atoms with Crippen LogP contribution in [0.2, 0.25) is 0 Å². The van der Waals surface area contributed by atoms with Crippen molar-refractivity contribution < 1.29 is 0 Å². The summed E-state index contributed by atoms with van der Waals surface area (Å²) in [6, 6.07) is 86.6. The van der Waals surface area contributed by atoms with Crippen LogP contribution in [0.4, 0.5) is 0 Å². The normalized spacial score (nSPS) is 14.0. The predicted octanol–water partition coefficient (Wildman–Crippen LogP) is 20.4. The summed E-state index contributed by atoms with van der Waals surface area (Å²) in [4.78, 5) is 2.60. The summed E-state index contributed by atoms with van der Waals surface area (Å²) >= 11 is 3.82. The highest BCUT2D eigenvalue weighted by Crippen LogP contribution is 2.55. The molecule has 4 heterocycles. The molecule has 0 saturated heterocycles. The van der Waals surface area contributed by atoms with Gasteiger partial charge >= 0.3 is 0 Å². The van der Waals surface area contributed by atoms with Crippen LogP contribution < -0.4 is 0 Å². The fourth-order valence-electron chi connectivity index (χ4n) is 13.3. The van der Waals surface area contributed by atoms with Gasteiger partial charge in [0.15, 0.2) is 0 Å². The molecule has 0 bridgehead atoms. The lowest BCUT2D eigenvalue weighted by Crippen LogP contribution is -2.15. The average Bonchev–Trinajstić information content (AvgIpc) is 4.36. The van der Waals surface area contributed by atoms with Gasteiger partial charge in [0, 0.05) is 62.9 Å². The van der Waals surface area contributed by atoms with Gasteiger partial charge in [0.2, 0.25) is 0 Å². The SMILES string of the molecule is CC1(C)c2cc(-c3ccccc3)ccc2-c2cc3c(cc21)c1cc(-c2cc4sc(-c5ccc6c(c5)c5cc7c(cc5n6-c5ccccc5)-c5ccc(-c6ccccc6)cc5C7(C)C)cc4s2)ccc1n3-c1ccccc1. The maximum absolute atomic E-state index is 2.51. The van der Waals surface area contributed by atoms with Gasteiger partial charge in [-0.05, 0) is 175 Å². The molecule has 0 unspecified atom stereocenters. The Balaban J connectivity index is 0.794. The Morgan fingerprint density at radius 2 is 0.632 bits per heavy atom. The summed E-state index contributed by atoms with van der Waals surface area (Å²) in [6.07, 6.45) is 0. The summed E-state index contributed by atoms with van der Waals surface area (Å²) in [6.45, 7) is 9.61. The highest BCUT2D eigenvalue weighted by molar-refractivity contribution is 7.31.